The van der Waals surface area contributed by atoms with E-state index in [1.54, 1.807) is 4.90 Å². The first-order valence-electron chi connectivity index (χ1n) is 7.82. The Kier molecular flexibility index (Phi) is 4.79. The van der Waals surface area contributed by atoms with Gasteiger partial charge >= 0.3 is 0 Å². The predicted molar refractivity (Wildman–Crippen MR) is 84.7 cm³/mol. The number of aliphatic hydroxyl groups is 1. The van der Waals surface area contributed by atoms with E-state index in [2.05, 4.69) is 0 Å². The topological polar surface area (TPSA) is 62.9 Å². The Morgan fingerprint density at radius 2 is 2.09 bits per heavy atom. The highest BCUT2D eigenvalue weighted by atomic mass is 16.5. The quantitative estimate of drug-likeness (QED) is 0.942. The van der Waals surface area contributed by atoms with E-state index in [0.717, 1.165) is 17.1 Å². The number of morpholine rings is 1. The molecule has 2 atom stereocenters. The number of nitrogens with zero attached hydrogens (tertiary/aromatic N) is 1. The molecule has 1 amide bonds. The number of carbonyl (C=O) groups is 1. The maximum Gasteiger partial charge on any atom is 0.225 e. The maximum absolute atomic E-state index is 12.4. The van der Waals surface area contributed by atoms with Gasteiger partial charge in [-0.25, -0.2) is 0 Å². The molecule has 3 rings (SSSR count). The van der Waals surface area contributed by atoms with Crippen LogP contribution in [0.2, 0.25) is 0 Å². The van der Waals surface area contributed by atoms with Crippen molar-refractivity contribution >= 4 is 5.91 Å². The lowest BCUT2D eigenvalue weighted by Crippen LogP contribution is -2.42. The Labute approximate surface area is 135 Å². The van der Waals surface area contributed by atoms with Crippen LogP contribution in [0.5, 0.6) is 0 Å². The first-order valence-corrected chi connectivity index (χ1v) is 7.82. The zero-order valence-electron chi connectivity index (χ0n) is 13.1. The van der Waals surface area contributed by atoms with E-state index < -0.39 is 6.10 Å². The fourth-order valence-corrected chi connectivity index (χ4v) is 2.76. The first-order chi connectivity index (χ1) is 11.1. The number of hydrogen-bond donors (Lipinski definition) is 1. The van der Waals surface area contributed by atoms with Crippen LogP contribution < -0.4 is 0 Å². The van der Waals surface area contributed by atoms with E-state index in [4.69, 9.17) is 9.15 Å². The number of hydrogen-bond acceptors (Lipinski definition) is 4. The number of furan rings is 1. The fourth-order valence-electron chi connectivity index (χ4n) is 2.76. The SMILES string of the molecule is Cc1ccc(C2CN(C(=O)CC(O)c3ccccc3)CCO2)o1. The largest absolute Gasteiger partial charge is 0.464 e. The monoisotopic (exact) mass is 315 g/mol. The van der Waals surface area contributed by atoms with Crippen LogP contribution >= 0.6 is 0 Å². The highest BCUT2D eigenvalue weighted by Crippen LogP contribution is 2.25. The van der Waals surface area contributed by atoms with Gasteiger partial charge in [-0.05, 0) is 24.6 Å². The molecule has 23 heavy (non-hydrogen) atoms. The van der Waals surface area contributed by atoms with Crippen LogP contribution in [0.3, 0.4) is 0 Å². The number of amides is 1. The second kappa shape index (κ2) is 6.98. The molecule has 5 nitrogen and oxygen atoms in total. The molecule has 2 heterocycles. The Bertz CT molecular complexity index is 652. The van der Waals surface area contributed by atoms with Crippen LogP contribution in [0.1, 0.15) is 35.7 Å². The van der Waals surface area contributed by atoms with Gasteiger partial charge < -0.3 is 19.2 Å². The lowest BCUT2D eigenvalue weighted by Gasteiger charge is -2.32. The molecular formula is C18H21NO4. The number of benzene rings is 1. The third-order valence-electron chi connectivity index (χ3n) is 4.05. The van der Waals surface area contributed by atoms with Crippen LogP contribution in [0.25, 0.3) is 0 Å². The zero-order valence-corrected chi connectivity index (χ0v) is 13.1. The van der Waals surface area contributed by atoms with Gasteiger partial charge in [0.15, 0.2) is 0 Å². The Balaban J connectivity index is 1.61. The summed E-state index contributed by atoms with van der Waals surface area (Å²) in [7, 11) is 0. The van der Waals surface area contributed by atoms with E-state index in [9.17, 15) is 9.90 Å². The summed E-state index contributed by atoms with van der Waals surface area (Å²) in [5, 5.41) is 10.2. The van der Waals surface area contributed by atoms with E-state index >= 15 is 0 Å². The van der Waals surface area contributed by atoms with Crippen molar-refractivity contribution in [2.75, 3.05) is 19.7 Å². The van der Waals surface area contributed by atoms with E-state index in [1.165, 1.54) is 0 Å². The molecular weight excluding hydrogens is 294 g/mol. The highest BCUT2D eigenvalue weighted by molar-refractivity contribution is 5.77. The molecule has 2 unspecified atom stereocenters. The molecule has 1 aromatic heterocycles. The molecule has 1 aromatic carbocycles. The van der Waals surface area contributed by atoms with Crippen molar-refractivity contribution in [1.82, 2.24) is 4.90 Å². The molecule has 2 aromatic rings. The first kappa shape index (κ1) is 15.8. The van der Waals surface area contributed by atoms with Gasteiger partial charge in [0.1, 0.15) is 17.6 Å². The molecule has 0 bridgehead atoms. The number of aryl methyl sites for hydroxylation is 1. The van der Waals surface area contributed by atoms with Crippen molar-refractivity contribution in [3.8, 4) is 0 Å². The van der Waals surface area contributed by atoms with Gasteiger partial charge in [-0.15, -0.1) is 0 Å². The van der Waals surface area contributed by atoms with Crippen LogP contribution in [-0.2, 0) is 9.53 Å². The summed E-state index contributed by atoms with van der Waals surface area (Å²) in [5.41, 5.74) is 0.757. The van der Waals surface area contributed by atoms with Gasteiger partial charge in [-0.3, -0.25) is 4.79 Å². The molecule has 0 radical (unpaired) electrons. The smallest absolute Gasteiger partial charge is 0.225 e. The highest BCUT2D eigenvalue weighted by Gasteiger charge is 2.28. The number of aliphatic hydroxyl groups excluding tert-OH is 1. The van der Waals surface area contributed by atoms with Gasteiger partial charge in [0, 0.05) is 6.54 Å². The molecule has 1 N–H and O–H groups in total. The minimum absolute atomic E-state index is 0.0714. The summed E-state index contributed by atoms with van der Waals surface area (Å²) in [6.07, 6.45) is -0.945. The van der Waals surface area contributed by atoms with Gasteiger partial charge in [-0.1, -0.05) is 30.3 Å². The molecule has 1 aliphatic heterocycles. The predicted octanol–water partition coefficient (Wildman–Crippen LogP) is 2.61. The second-order valence-corrected chi connectivity index (χ2v) is 5.78. The lowest BCUT2D eigenvalue weighted by atomic mass is 10.1. The second-order valence-electron chi connectivity index (χ2n) is 5.78. The minimum Gasteiger partial charge on any atom is -0.464 e. The minimum atomic E-state index is -0.782. The number of carbonyl (C=O) groups excluding carboxylic acids is 1. The standard InChI is InChI=1S/C18H21NO4/c1-13-7-8-16(23-13)17-12-19(9-10-22-17)18(21)11-15(20)14-5-3-2-4-6-14/h2-8,15,17,20H,9-12H2,1H3. The molecule has 122 valence electrons. The summed E-state index contributed by atoms with van der Waals surface area (Å²) < 4.78 is 11.3. The third-order valence-corrected chi connectivity index (χ3v) is 4.05. The fraction of sp³-hybridized carbons (Fsp3) is 0.389. The van der Waals surface area contributed by atoms with E-state index in [-0.39, 0.29) is 18.4 Å². The molecule has 0 spiro atoms. The van der Waals surface area contributed by atoms with Gasteiger partial charge in [-0.2, -0.15) is 0 Å². The van der Waals surface area contributed by atoms with Crippen molar-refractivity contribution in [3.05, 3.63) is 59.5 Å². The maximum atomic E-state index is 12.4. The molecule has 0 aliphatic carbocycles. The van der Waals surface area contributed by atoms with Crippen LogP contribution in [0.4, 0.5) is 0 Å². The molecule has 5 heteroatoms. The van der Waals surface area contributed by atoms with Crippen molar-refractivity contribution in [3.63, 3.8) is 0 Å². The lowest BCUT2D eigenvalue weighted by molar-refractivity contribution is -0.141. The van der Waals surface area contributed by atoms with E-state index in [1.807, 2.05) is 49.4 Å². The normalized spacial score (nSPS) is 19.6. The van der Waals surface area contributed by atoms with Crippen LogP contribution in [0.15, 0.2) is 46.9 Å². The van der Waals surface area contributed by atoms with Gasteiger partial charge in [0.05, 0.1) is 25.7 Å². The molecule has 1 aliphatic rings. The van der Waals surface area contributed by atoms with Gasteiger partial charge in [0.2, 0.25) is 5.91 Å². The molecule has 0 saturated carbocycles. The zero-order chi connectivity index (χ0) is 16.2. The van der Waals surface area contributed by atoms with Crippen LogP contribution in [-0.4, -0.2) is 35.6 Å². The van der Waals surface area contributed by atoms with Crippen molar-refractivity contribution in [1.29, 1.82) is 0 Å². The number of ether oxygens (including phenoxy) is 1. The van der Waals surface area contributed by atoms with Crippen molar-refractivity contribution in [2.45, 2.75) is 25.6 Å². The van der Waals surface area contributed by atoms with Crippen molar-refractivity contribution in [2.24, 2.45) is 0 Å². The Morgan fingerprint density at radius 3 is 2.78 bits per heavy atom. The van der Waals surface area contributed by atoms with Gasteiger partial charge in [0.25, 0.3) is 0 Å². The van der Waals surface area contributed by atoms with Crippen LogP contribution in [0, 0.1) is 6.92 Å². The third kappa shape index (κ3) is 3.81. The van der Waals surface area contributed by atoms with Crippen molar-refractivity contribution < 1.29 is 19.1 Å². The molecule has 1 fully saturated rings. The summed E-state index contributed by atoms with van der Waals surface area (Å²) in [6.45, 7) is 3.34. The average Bonchev–Trinajstić information content (AvgIpc) is 3.02. The number of rotatable bonds is 4. The Hall–Kier alpha value is -2.11. The summed E-state index contributed by atoms with van der Waals surface area (Å²) >= 11 is 0. The Morgan fingerprint density at radius 1 is 1.30 bits per heavy atom. The molecule has 1 saturated heterocycles. The summed E-state index contributed by atoms with van der Waals surface area (Å²) in [6, 6.07) is 13.0. The van der Waals surface area contributed by atoms with E-state index in [0.29, 0.717) is 19.7 Å². The summed E-state index contributed by atoms with van der Waals surface area (Å²) in [5.74, 6) is 1.49. The summed E-state index contributed by atoms with van der Waals surface area (Å²) in [4.78, 5) is 14.2. The average molecular weight is 315 g/mol.